The lowest BCUT2D eigenvalue weighted by molar-refractivity contribution is -0.131. The first-order chi connectivity index (χ1) is 7.85. The monoisotopic (exact) mass is 260 g/mol. The van der Waals surface area contributed by atoms with E-state index in [4.69, 9.17) is 0 Å². The van der Waals surface area contributed by atoms with Crippen LogP contribution in [-0.2, 0) is 14.8 Å². The Hall–Kier alpha value is -0.620. The van der Waals surface area contributed by atoms with E-state index in [2.05, 4.69) is 0 Å². The van der Waals surface area contributed by atoms with Crippen molar-refractivity contribution >= 4 is 15.9 Å². The second kappa shape index (κ2) is 4.24. The van der Waals surface area contributed by atoms with Gasteiger partial charge in [-0.1, -0.05) is 0 Å². The molecule has 5 nitrogen and oxygen atoms in total. The van der Waals surface area contributed by atoms with E-state index in [-0.39, 0.29) is 11.4 Å². The lowest BCUT2D eigenvalue weighted by atomic mass is 9.87. The van der Waals surface area contributed by atoms with Crippen molar-refractivity contribution in [3.8, 4) is 0 Å². The number of nitrogens with zero attached hydrogens (tertiary/aromatic N) is 2. The van der Waals surface area contributed by atoms with Crippen molar-refractivity contribution in [3.63, 3.8) is 0 Å². The molecule has 2 aliphatic heterocycles. The molecule has 1 amide bonds. The Balaban J connectivity index is 2.25. The largest absolute Gasteiger partial charge is 0.341 e. The Bertz CT molecular complexity index is 420. The number of sulfonamides is 1. The van der Waals surface area contributed by atoms with E-state index in [1.54, 1.807) is 16.1 Å². The van der Waals surface area contributed by atoms with Crippen LogP contribution in [0.15, 0.2) is 0 Å². The molecule has 17 heavy (non-hydrogen) atoms. The minimum atomic E-state index is -3.16. The van der Waals surface area contributed by atoms with Crippen LogP contribution < -0.4 is 0 Å². The van der Waals surface area contributed by atoms with Crippen LogP contribution in [-0.4, -0.2) is 55.0 Å². The molecule has 2 aliphatic rings. The summed E-state index contributed by atoms with van der Waals surface area (Å²) in [6, 6.07) is 0. The fourth-order valence-corrected chi connectivity index (χ4v) is 4.62. The molecule has 0 saturated carbocycles. The van der Waals surface area contributed by atoms with Gasteiger partial charge in [-0.15, -0.1) is 0 Å². The van der Waals surface area contributed by atoms with E-state index in [1.807, 2.05) is 0 Å². The average molecular weight is 260 g/mol. The van der Waals surface area contributed by atoms with Gasteiger partial charge >= 0.3 is 0 Å². The molecule has 0 bridgehead atoms. The quantitative estimate of drug-likeness (QED) is 0.686. The lowest BCUT2D eigenvalue weighted by Gasteiger charge is -2.44. The number of piperidine rings is 1. The van der Waals surface area contributed by atoms with Crippen molar-refractivity contribution < 1.29 is 13.2 Å². The van der Waals surface area contributed by atoms with Crippen molar-refractivity contribution in [2.24, 2.45) is 0 Å². The molecule has 2 heterocycles. The molecule has 0 unspecified atom stereocenters. The van der Waals surface area contributed by atoms with E-state index >= 15 is 0 Å². The van der Waals surface area contributed by atoms with Crippen LogP contribution in [0.1, 0.15) is 32.6 Å². The van der Waals surface area contributed by atoms with Crippen LogP contribution in [0.25, 0.3) is 0 Å². The number of hydrogen-bond donors (Lipinski definition) is 0. The smallest absolute Gasteiger partial charge is 0.219 e. The Morgan fingerprint density at radius 1 is 1.18 bits per heavy atom. The van der Waals surface area contributed by atoms with Gasteiger partial charge in [-0.2, -0.15) is 4.31 Å². The van der Waals surface area contributed by atoms with Crippen LogP contribution in [0.4, 0.5) is 0 Å². The number of carbonyl (C=O) groups excluding carboxylic acids is 1. The number of hydrogen-bond acceptors (Lipinski definition) is 3. The first-order valence-corrected chi connectivity index (χ1v) is 7.93. The summed E-state index contributed by atoms with van der Waals surface area (Å²) in [6.07, 6.45) is 4.82. The van der Waals surface area contributed by atoms with E-state index in [1.165, 1.54) is 6.26 Å². The summed E-state index contributed by atoms with van der Waals surface area (Å²) in [5.41, 5.74) is -0.322. The van der Waals surface area contributed by atoms with Crippen LogP contribution in [0.5, 0.6) is 0 Å². The molecule has 0 aromatic rings. The Labute approximate surface area is 103 Å². The SMILES string of the molecule is CC(=O)N1CCC[C@]2(CCCN2S(C)(=O)=O)C1. The number of rotatable bonds is 1. The molecule has 6 heteroatoms. The second-order valence-electron chi connectivity index (χ2n) is 5.21. The van der Waals surface area contributed by atoms with Crippen LogP contribution >= 0.6 is 0 Å². The molecule has 2 fully saturated rings. The van der Waals surface area contributed by atoms with Crippen molar-refractivity contribution in [1.29, 1.82) is 0 Å². The van der Waals surface area contributed by atoms with E-state index in [0.29, 0.717) is 13.1 Å². The van der Waals surface area contributed by atoms with Gasteiger partial charge in [0.2, 0.25) is 15.9 Å². The maximum Gasteiger partial charge on any atom is 0.219 e. The zero-order valence-electron chi connectivity index (χ0n) is 10.5. The summed E-state index contributed by atoms with van der Waals surface area (Å²) in [6.45, 7) is 3.48. The van der Waals surface area contributed by atoms with Crippen molar-refractivity contribution in [1.82, 2.24) is 9.21 Å². The standard InChI is InChI=1S/C11H20N2O3S/c1-10(14)12-7-3-5-11(9-12)6-4-8-13(11)17(2,15)16/h3-9H2,1-2H3/t11-/m0/s1. The van der Waals surface area contributed by atoms with Crippen LogP contribution in [0.3, 0.4) is 0 Å². The van der Waals surface area contributed by atoms with Crippen molar-refractivity contribution in [2.75, 3.05) is 25.9 Å². The van der Waals surface area contributed by atoms with Gasteiger partial charge in [-0.05, 0) is 25.7 Å². The molecular weight excluding hydrogens is 240 g/mol. The molecule has 1 atom stereocenters. The van der Waals surface area contributed by atoms with Gasteiger partial charge in [0.1, 0.15) is 0 Å². The Morgan fingerprint density at radius 2 is 1.76 bits per heavy atom. The topological polar surface area (TPSA) is 57.7 Å². The highest BCUT2D eigenvalue weighted by Crippen LogP contribution is 2.38. The van der Waals surface area contributed by atoms with Gasteiger partial charge in [-0.3, -0.25) is 4.79 Å². The number of likely N-dealkylation sites (tertiary alicyclic amines) is 1. The summed E-state index contributed by atoms with van der Waals surface area (Å²) in [7, 11) is -3.16. The van der Waals surface area contributed by atoms with Crippen LogP contribution in [0.2, 0.25) is 0 Å². The normalized spacial score (nSPS) is 31.1. The van der Waals surface area contributed by atoms with Gasteiger partial charge in [0, 0.05) is 26.6 Å². The van der Waals surface area contributed by atoms with Crippen molar-refractivity contribution in [3.05, 3.63) is 0 Å². The summed E-state index contributed by atoms with van der Waals surface area (Å²) >= 11 is 0. The molecule has 0 radical (unpaired) electrons. The Morgan fingerprint density at radius 3 is 2.29 bits per heavy atom. The molecule has 2 rings (SSSR count). The van der Waals surface area contributed by atoms with E-state index < -0.39 is 10.0 Å². The third-order valence-electron chi connectivity index (χ3n) is 3.93. The maximum atomic E-state index is 11.8. The summed E-state index contributed by atoms with van der Waals surface area (Å²) in [5.74, 6) is 0.0458. The molecule has 0 N–H and O–H groups in total. The molecule has 0 aliphatic carbocycles. The molecule has 1 spiro atoms. The van der Waals surface area contributed by atoms with Crippen LogP contribution in [0, 0.1) is 0 Å². The summed E-state index contributed by atoms with van der Waals surface area (Å²) in [5, 5.41) is 0. The maximum absolute atomic E-state index is 11.8. The predicted octanol–water partition coefficient (Wildman–Crippen LogP) is 0.423. The fourth-order valence-electron chi connectivity index (χ4n) is 3.22. The highest BCUT2D eigenvalue weighted by molar-refractivity contribution is 7.88. The third kappa shape index (κ3) is 2.33. The Kier molecular flexibility index (Phi) is 3.20. The average Bonchev–Trinajstić information content (AvgIpc) is 2.61. The first-order valence-electron chi connectivity index (χ1n) is 6.08. The first kappa shape index (κ1) is 12.8. The lowest BCUT2D eigenvalue weighted by Crippen LogP contribution is -2.57. The van der Waals surface area contributed by atoms with Gasteiger partial charge < -0.3 is 4.90 Å². The summed E-state index contributed by atoms with van der Waals surface area (Å²) in [4.78, 5) is 13.2. The number of carbonyl (C=O) groups is 1. The highest BCUT2D eigenvalue weighted by Gasteiger charge is 2.48. The minimum Gasteiger partial charge on any atom is -0.341 e. The molecule has 0 aromatic carbocycles. The van der Waals surface area contributed by atoms with Gasteiger partial charge in [-0.25, -0.2) is 8.42 Å². The van der Waals surface area contributed by atoms with E-state index in [9.17, 15) is 13.2 Å². The fraction of sp³-hybridized carbons (Fsp3) is 0.909. The molecule has 0 aromatic heterocycles. The van der Waals surface area contributed by atoms with Crippen molar-refractivity contribution in [2.45, 2.75) is 38.1 Å². The minimum absolute atomic E-state index is 0.0458. The van der Waals surface area contributed by atoms with Gasteiger partial charge in [0.05, 0.1) is 11.8 Å². The second-order valence-corrected chi connectivity index (χ2v) is 7.11. The predicted molar refractivity (Wildman–Crippen MR) is 65.0 cm³/mol. The zero-order valence-corrected chi connectivity index (χ0v) is 11.3. The molecule has 98 valence electrons. The van der Waals surface area contributed by atoms with Gasteiger partial charge in [0.15, 0.2) is 0 Å². The number of amides is 1. The highest BCUT2D eigenvalue weighted by atomic mass is 32.2. The third-order valence-corrected chi connectivity index (χ3v) is 5.30. The summed E-state index contributed by atoms with van der Waals surface area (Å²) < 4.78 is 25.2. The zero-order chi connectivity index (χ0) is 12.7. The van der Waals surface area contributed by atoms with Gasteiger partial charge in [0.25, 0.3) is 0 Å². The van der Waals surface area contributed by atoms with E-state index in [0.717, 1.165) is 32.2 Å². The molecule has 2 saturated heterocycles. The molecular formula is C11H20N2O3S.